The fourth-order valence-electron chi connectivity index (χ4n) is 2.83. The lowest BCUT2D eigenvalue weighted by Gasteiger charge is -2.16. The highest BCUT2D eigenvalue weighted by atomic mass is 19.4. The van der Waals surface area contributed by atoms with Gasteiger partial charge in [0.2, 0.25) is 0 Å². The van der Waals surface area contributed by atoms with E-state index in [0.29, 0.717) is 18.4 Å². The van der Waals surface area contributed by atoms with E-state index >= 15 is 0 Å². The summed E-state index contributed by atoms with van der Waals surface area (Å²) >= 11 is 0. The third kappa shape index (κ3) is 3.52. The van der Waals surface area contributed by atoms with Crippen molar-refractivity contribution in [3.05, 3.63) is 47.2 Å². The third-order valence-electron chi connectivity index (χ3n) is 3.81. The summed E-state index contributed by atoms with van der Waals surface area (Å²) in [5.74, 6) is -2.47. The maximum absolute atomic E-state index is 13.7. The van der Waals surface area contributed by atoms with Crippen LogP contribution in [-0.2, 0) is 12.7 Å². The minimum Gasteiger partial charge on any atom is -0.366 e. The van der Waals surface area contributed by atoms with Gasteiger partial charge in [-0.15, -0.1) is 0 Å². The van der Waals surface area contributed by atoms with Gasteiger partial charge >= 0.3 is 6.18 Å². The van der Waals surface area contributed by atoms with Gasteiger partial charge in [-0.05, 0) is 12.0 Å². The van der Waals surface area contributed by atoms with Crippen LogP contribution >= 0.6 is 0 Å². The number of aromatic nitrogens is 1. The Morgan fingerprint density at radius 3 is 2.04 bits per heavy atom. The number of unbranched alkanes of at least 4 members (excludes halogenated alkanes) is 1. The lowest BCUT2D eigenvalue weighted by atomic mass is 10.0. The summed E-state index contributed by atoms with van der Waals surface area (Å²) in [6.45, 7) is 1.80. The van der Waals surface area contributed by atoms with Crippen molar-refractivity contribution < 1.29 is 22.8 Å². The number of nitrogens with two attached hydrogens (primary N) is 2. The van der Waals surface area contributed by atoms with Crippen molar-refractivity contribution in [2.24, 2.45) is 11.5 Å². The molecule has 0 saturated heterocycles. The highest BCUT2D eigenvalue weighted by Crippen LogP contribution is 2.40. The van der Waals surface area contributed by atoms with Crippen LogP contribution in [0.5, 0.6) is 0 Å². The van der Waals surface area contributed by atoms with Gasteiger partial charge in [0.25, 0.3) is 11.8 Å². The Hall–Kier alpha value is -2.77. The number of hydrogen-bond donors (Lipinski definition) is 2. The molecule has 0 aliphatic rings. The van der Waals surface area contributed by atoms with Gasteiger partial charge in [-0.3, -0.25) is 9.59 Å². The van der Waals surface area contributed by atoms with Crippen molar-refractivity contribution in [2.75, 3.05) is 0 Å². The molecule has 25 heavy (non-hydrogen) atoms. The normalized spacial score (nSPS) is 11.5. The van der Waals surface area contributed by atoms with Crippen LogP contribution in [0.15, 0.2) is 30.3 Å². The number of nitrogens with zero attached hydrogens (tertiary/aromatic N) is 1. The number of carbonyl (C=O) groups excluding carboxylic acids is 2. The van der Waals surface area contributed by atoms with Crippen LogP contribution in [0.2, 0.25) is 0 Å². The Morgan fingerprint density at radius 2 is 1.60 bits per heavy atom. The van der Waals surface area contributed by atoms with Crippen LogP contribution in [-0.4, -0.2) is 16.4 Å². The first kappa shape index (κ1) is 18.6. The molecule has 1 aromatic carbocycles. The zero-order valence-electron chi connectivity index (χ0n) is 13.6. The summed E-state index contributed by atoms with van der Waals surface area (Å²) < 4.78 is 42.0. The number of amides is 2. The van der Waals surface area contributed by atoms with Gasteiger partial charge in [-0.25, -0.2) is 0 Å². The smallest absolute Gasteiger partial charge is 0.366 e. The fraction of sp³-hybridized carbons (Fsp3) is 0.294. The molecule has 4 N–H and O–H groups in total. The zero-order chi connectivity index (χ0) is 18.8. The van der Waals surface area contributed by atoms with Gasteiger partial charge in [-0.2, -0.15) is 13.2 Å². The molecule has 2 rings (SSSR count). The molecule has 1 heterocycles. The van der Waals surface area contributed by atoms with Crippen LogP contribution < -0.4 is 11.5 Å². The van der Waals surface area contributed by atoms with Crippen LogP contribution in [0.25, 0.3) is 11.3 Å². The van der Waals surface area contributed by atoms with Gasteiger partial charge in [0.05, 0.1) is 16.8 Å². The second-order valence-electron chi connectivity index (χ2n) is 5.54. The number of halogens is 3. The molecular weight excluding hydrogens is 335 g/mol. The molecule has 134 valence electrons. The number of rotatable bonds is 6. The highest BCUT2D eigenvalue weighted by Gasteiger charge is 2.43. The number of benzene rings is 1. The van der Waals surface area contributed by atoms with E-state index in [-0.39, 0.29) is 12.2 Å². The quantitative estimate of drug-likeness (QED) is 0.835. The molecule has 0 fully saturated rings. The first-order valence-electron chi connectivity index (χ1n) is 7.68. The molecule has 8 heteroatoms. The van der Waals surface area contributed by atoms with E-state index in [2.05, 4.69) is 0 Å². The predicted molar refractivity (Wildman–Crippen MR) is 86.8 cm³/mol. The summed E-state index contributed by atoms with van der Waals surface area (Å²) in [4.78, 5) is 23.7. The van der Waals surface area contributed by atoms with E-state index in [0.717, 1.165) is 4.57 Å². The summed E-state index contributed by atoms with van der Waals surface area (Å²) in [7, 11) is 0. The Labute approximate surface area is 142 Å². The third-order valence-corrected chi connectivity index (χ3v) is 3.81. The Bertz CT molecular complexity index is 796. The lowest BCUT2D eigenvalue weighted by Crippen LogP contribution is -2.23. The van der Waals surface area contributed by atoms with E-state index < -0.39 is 34.8 Å². The molecule has 5 nitrogen and oxygen atoms in total. The second kappa shape index (κ2) is 7.00. The minimum absolute atomic E-state index is 0.0247. The zero-order valence-corrected chi connectivity index (χ0v) is 13.6. The summed E-state index contributed by atoms with van der Waals surface area (Å²) in [5.41, 5.74) is 8.20. The molecule has 0 aliphatic carbocycles. The van der Waals surface area contributed by atoms with Crippen LogP contribution in [0, 0.1) is 0 Å². The number of carbonyl (C=O) groups is 2. The van der Waals surface area contributed by atoms with E-state index in [9.17, 15) is 22.8 Å². The molecule has 2 aromatic rings. The fourth-order valence-corrected chi connectivity index (χ4v) is 2.83. The average Bonchev–Trinajstić information content (AvgIpc) is 2.89. The molecule has 0 spiro atoms. The largest absolute Gasteiger partial charge is 0.432 e. The maximum atomic E-state index is 13.7. The topological polar surface area (TPSA) is 91.1 Å². The minimum atomic E-state index is -4.87. The van der Waals surface area contributed by atoms with Crippen molar-refractivity contribution in [1.82, 2.24) is 4.57 Å². The van der Waals surface area contributed by atoms with Crippen molar-refractivity contribution in [3.8, 4) is 11.3 Å². The molecule has 0 radical (unpaired) electrons. The van der Waals surface area contributed by atoms with Crippen LogP contribution in [0.3, 0.4) is 0 Å². The monoisotopic (exact) mass is 353 g/mol. The van der Waals surface area contributed by atoms with Gasteiger partial charge in [0, 0.05) is 6.54 Å². The molecular formula is C17H18F3N3O2. The standard InChI is InChI=1S/C17H18F3N3O2/c1-2-3-9-23-13(10-7-5-4-6-8-10)11(15(21)24)12(16(22)25)14(23)17(18,19)20/h4-8H,2-3,9H2,1H3,(H2,21,24)(H2,22,25). The summed E-state index contributed by atoms with van der Waals surface area (Å²) in [5, 5.41) is 0. The predicted octanol–water partition coefficient (Wildman–Crippen LogP) is 3.17. The van der Waals surface area contributed by atoms with Crippen molar-refractivity contribution in [3.63, 3.8) is 0 Å². The van der Waals surface area contributed by atoms with E-state index in [1.807, 2.05) is 6.92 Å². The number of hydrogen-bond acceptors (Lipinski definition) is 2. The summed E-state index contributed by atoms with van der Waals surface area (Å²) in [6, 6.07) is 8.03. The Morgan fingerprint density at radius 1 is 1.04 bits per heavy atom. The number of alkyl halides is 3. The van der Waals surface area contributed by atoms with Gasteiger partial charge in [0.15, 0.2) is 0 Å². The molecule has 0 aliphatic heterocycles. The lowest BCUT2D eigenvalue weighted by molar-refractivity contribution is -0.143. The molecule has 2 amide bonds. The molecule has 0 bridgehead atoms. The summed E-state index contributed by atoms with van der Waals surface area (Å²) in [6.07, 6.45) is -3.81. The van der Waals surface area contributed by atoms with Crippen LogP contribution in [0.4, 0.5) is 13.2 Å². The van der Waals surface area contributed by atoms with Gasteiger partial charge < -0.3 is 16.0 Å². The maximum Gasteiger partial charge on any atom is 0.432 e. The van der Waals surface area contributed by atoms with Gasteiger partial charge in [0.1, 0.15) is 5.69 Å². The second-order valence-corrected chi connectivity index (χ2v) is 5.54. The molecule has 1 aromatic heterocycles. The Kier molecular flexibility index (Phi) is 5.20. The van der Waals surface area contributed by atoms with Crippen molar-refractivity contribution in [1.29, 1.82) is 0 Å². The van der Waals surface area contributed by atoms with Crippen molar-refractivity contribution >= 4 is 11.8 Å². The molecule has 0 atom stereocenters. The highest BCUT2D eigenvalue weighted by molar-refractivity contribution is 6.11. The first-order chi connectivity index (χ1) is 11.7. The Balaban J connectivity index is 2.97. The number of primary amides is 2. The molecule has 0 unspecified atom stereocenters. The van der Waals surface area contributed by atoms with Crippen molar-refractivity contribution in [2.45, 2.75) is 32.5 Å². The molecule has 0 saturated carbocycles. The van der Waals surface area contributed by atoms with Crippen LogP contribution in [0.1, 0.15) is 46.2 Å². The average molecular weight is 353 g/mol. The van der Waals surface area contributed by atoms with Gasteiger partial charge in [-0.1, -0.05) is 43.7 Å². The van der Waals surface area contributed by atoms with E-state index in [1.165, 1.54) is 0 Å². The SMILES string of the molecule is CCCCn1c(-c2ccccc2)c(C(N)=O)c(C(N)=O)c1C(F)(F)F. The van der Waals surface area contributed by atoms with E-state index in [4.69, 9.17) is 11.5 Å². The first-order valence-corrected chi connectivity index (χ1v) is 7.68. The van der Waals surface area contributed by atoms with E-state index in [1.54, 1.807) is 30.3 Å².